The largest absolute Gasteiger partial charge is 0.497 e. The Kier molecular flexibility index (Phi) is 4.04. The number of hydrogen-bond acceptors (Lipinski definition) is 4. The van der Waals surface area contributed by atoms with Crippen LogP contribution in [-0.4, -0.2) is 31.6 Å². The van der Waals surface area contributed by atoms with E-state index in [9.17, 15) is 4.79 Å². The molecule has 116 valence electrons. The van der Waals surface area contributed by atoms with Gasteiger partial charge in [0.2, 0.25) is 0 Å². The van der Waals surface area contributed by atoms with Gasteiger partial charge in [-0.2, -0.15) is 0 Å². The number of methoxy groups -OCH3 is 2. The van der Waals surface area contributed by atoms with Gasteiger partial charge in [-0.3, -0.25) is 4.79 Å². The second-order valence-electron chi connectivity index (χ2n) is 5.28. The minimum absolute atomic E-state index is 0.00699. The third-order valence-corrected chi connectivity index (χ3v) is 4.08. The third-order valence-electron chi connectivity index (χ3n) is 4.08. The predicted octanol–water partition coefficient (Wildman–Crippen LogP) is 3.27. The first kappa shape index (κ1) is 14.5. The van der Waals surface area contributed by atoms with Crippen LogP contribution in [-0.2, 0) is 0 Å². The maximum Gasteiger partial charge on any atom is 0.257 e. The Bertz CT molecular complexity index is 651. The number of likely N-dealkylation sites (tertiary alicyclic amines) is 1. The summed E-state index contributed by atoms with van der Waals surface area (Å²) in [5.74, 6) is 1.53. The number of rotatable bonds is 4. The molecule has 0 N–H and O–H groups in total. The van der Waals surface area contributed by atoms with Crippen LogP contribution in [0.4, 0.5) is 0 Å². The Labute approximate surface area is 129 Å². The molecule has 1 fully saturated rings. The fourth-order valence-electron chi connectivity index (χ4n) is 2.98. The van der Waals surface area contributed by atoms with Crippen LogP contribution in [0.1, 0.15) is 34.8 Å². The first-order valence-corrected chi connectivity index (χ1v) is 7.29. The lowest BCUT2D eigenvalue weighted by Gasteiger charge is -2.26. The highest BCUT2D eigenvalue weighted by Gasteiger charge is 2.33. The van der Waals surface area contributed by atoms with Gasteiger partial charge < -0.3 is 18.8 Å². The normalized spacial score (nSPS) is 17.5. The van der Waals surface area contributed by atoms with Gasteiger partial charge in [0.15, 0.2) is 0 Å². The lowest BCUT2D eigenvalue weighted by Crippen LogP contribution is -2.30. The van der Waals surface area contributed by atoms with Crippen molar-refractivity contribution in [2.24, 2.45) is 0 Å². The molecule has 1 atom stereocenters. The fourth-order valence-corrected chi connectivity index (χ4v) is 2.98. The molecule has 1 aliphatic heterocycles. The van der Waals surface area contributed by atoms with E-state index in [4.69, 9.17) is 13.9 Å². The molecule has 3 rings (SSSR count). The van der Waals surface area contributed by atoms with Gasteiger partial charge in [0.05, 0.1) is 32.1 Å². The van der Waals surface area contributed by atoms with Crippen molar-refractivity contribution >= 4 is 5.91 Å². The van der Waals surface area contributed by atoms with E-state index >= 15 is 0 Å². The lowest BCUT2D eigenvalue weighted by atomic mass is 10.0. The summed E-state index contributed by atoms with van der Waals surface area (Å²) in [6, 6.07) is 7.38. The highest BCUT2D eigenvalue weighted by Crippen LogP contribution is 2.39. The molecule has 1 amide bonds. The highest BCUT2D eigenvalue weighted by atomic mass is 16.5. The summed E-state index contributed by atoms with van der Waals surface area (Å²) in [6.07, 6.45) is 4.88. The molecule has 1 saturated heterocycles. The van der Waals surface area contributed by atoms with Crippen LogP contribution < -0.4 is 9.47 Å². The van der Waals surface area contributed by atoms with E-state index in [-0.39, 0.29) is 11.9 Å². The quantitative estimate of drug-likeness (QED) is 0.869. The van der Waals surface area contributed by atoms with Crippen LogP contribution in [0.3, 0.4) is 0 Å². The average Bonchev–Trinajstić information content (AvgIpc) is 3.24. The number of hydrogen-bond donors (Lipinski definition) is 0. The maximum atomic E-state index is 12.6. The summed E-state index contributed by atoms with van der Waals surface area (Å²) < 4.78 is 15.8. The highest BCUT2D eigenvalue weighted by molar-refractivity contribution is 5.94. The van der Waals surface area contributed by atoms with Crippen molar-refractivity contribution in [2.45, 2.75) is 18.9 Å². The zero-order valence-corrected chi connectivity index (χ0v) is 12.7. The van der Waals surface area contributed by atoms with Crippen LogP contribution in [0.15, 0.2) is 41.2 Å². The molecule has 1 aromatic carbocycles. The van der Waals surface area contributed by atoms with E-state index in [1.807, 2.05) is 23.1 Å². The Hall–Kier alpha value is -2.43. The molecule has 1 aromatic heterocycles. The number of furan rings is 1. The fraction of sp³-hybridized carbons (Fsp3) is 0.353. The summed E-state index contributed by atoms with van der Waals surface area (Å²) in [5, 5.41) is 0. The molecule has 22 heavy (non-hydrogen) atoms. The lowest BCUT2D eigenvalue weighted by molar-refractivity contribution is 0.0733. The summed E-state index contributed by atoms with van der Waals surface area (Å²) in [5.41, 5.74) is 1.56. The van der Waals surface area contributed by atoms with Crippen molar-refractivity contribution in [3.63, 3.8) is 0 Å². The Morgan fingerprint density at radius 3 is 2.82 bits per heavy atom. The van der Waals surface area contributed by atoms with Crippen LogP contribution in [0.5, 0.6) is 11.5 Å². The minimum Gasteiger partial charge on any atom is -0.497 e. The number of ether oxygens (including phenoxy) is 2. The molecule has 0 radical (unpaired) electrons. The predicted molar refractivity (Wildman–Crippen MR) is 81.3 cm³/mol. The zero-order chi connectivity index (χ0) is 15.5. The van der Waals surface area contributed by atoms with Crippen molar-refractivity contribution in [3.8, 4) is 11.5 Å². The van der Waals surface area contributed by atoms with Crippen molar-refractivity contribution in [2.75, 3.05) is 20.8 Å². The molecule has 0 bridgehead atoms. The van der Waals surface area contributed by atoms with Gasteiger partial charge in [0, 0.05) is 12.1 Å². The van der Waals surface area contributed by atoms with Gasteiger partial charge in [-0.15, -0.1) is 0 Å². The monoisotopic (exact) mass is 301 g/mol. The second kappa shape index (κ2) is 6.13. The van der Waals surface area contributed by atoms with E-state index < -0.39 is 0 Å². The van der Waals surface area contributed by atoms with E-state index in [2.05, 4.69) is 0 Å². The summed E-state index contributed by atoms with van der Waals surface area (Å²) >= 11 is 0. The van der Waals surface area contributed by atoms with Gasteiger partial charge in [0.1, 0.15) is 17.8 Å². The minimum atomic E-state index is -0.0128. The van der Waals surface area contributed by atoms with Gasteiger partial charge in [0.25, 0.3) is 5.91 Å². The molecule has 0 aliphatic carbocycles. The SMILES string of the molecule is COc1ccc(OC)c(C2CCCN2C(=O)c2ccoc2)c1. The zero-order valence-electron chi connectivity index (χ0n) is 12.7. The molecule has 5 nitrogen and oxygen atoms in total. The van der Waals surface area contributed by atoms with Crippen molar-refractivity contribution in [1.82, 2.24) is 4.90 Å². The number of carbonyl (C=O) groups is 1. The first-order chi connectivity index (χ1) is 10.7. The smallest absolute Gasteiger partial charge is 0.257 e. The van der Waals surface area contributed by atoms with Gasteiger partial charge in [-0.1, -0.05) is 0 Å². The molecular formula is C17H19NO4. The van der Waals surface area contributed by atoms with E-state index in [0.29, 0.717) is 5.56 Å². The molecule has 1 unspecified atom stereocenters. The number of nitrogens with zero attached hydrogens (tertiary/aromatic N) is 1. The summed E-state index contributed by atoms with van der Waals surface area (Å²) in [4.78, 5) is 14.5. The number of benzene rings is 1. The molecule has 2 heterocycles. The van der Waals surface area contributed by atoms with Gasteiger partial charge in [-0.05, 0) is 37.1 Å². The van der Waals surface area contributed by atoms with Crippen LogP contribution in [0.25, 0.3) is 0 Å². The standard InChI is InChI=1S/C17H19NO4/c1-20-13-5-6-16(21-2)14(10-13)15-4-3-8-18(15)17(19)12-7-9-22-11-12/h5-7,9-11,15H,3-4,8H2,1-2H3. The van der Waals surface area contributed by atoms with Crippen molar-refractivity contribution < 1.29 is 18.7 Å². The molecule has 2 aromatic rings. The van der Waals surface area contributed by atoms with Crippen LogP contribution >= 0.6 is 0 Å². The Morgan fingerprint density at radius 2 is 2.14 bits per heavy atom. The molecule has 5 heteroatoms. The van der Waals surface area contributed by atoms with Crippen molar-refractivity contribution in [3.05, 3.63) is 47.9 Å². The third kappa shape index (κ3) is 2.54. The first-order valence-electron chi connectivity index (χ1n) is 7.29. The van der Waals surface area contributed by atoms with E-state index in [1.165, 1.54) is 12.5 Å². The van der Waals surface area contributed by atoms with Crippen molar-refractivity contribution in [1.29, 1.82) is 0 Å². The maximum absolute atomic E-state index is 12.6. The second-order valence-corrected chi connectivity index (χ2v) is 5.28. The number of amides is 1. The number of carbonyl (C=O) groups excluding carboxylic acids is 1. The Balaban J connectivity index is 1.94. The molecule has 0 spiro atoms. The van der Waals surface area contributed by atoms with Gasteiger partial charge >= 0.3 is 0 Å². The topological polar surface area (TPSA) is 51.9 Å². The summed E-state index contributed by atoms with van der Waals surface area (Å²) in [7, 11) is 3.27. The molecule has 0 saturated carbocycles. The Morgan fingerprint density at radius 1 is 1.27 bits per heavy atom. The summed E-state index contributed by atoms with van der Waals surface area (Å²) in [6.45, 7) is 0.731. The molecule has 1 aliphatic rings. The van der Waals surface area contributed by atoms with Crippen LogP contribution in [0.2, 0.25) is 0 Å². The van der Waals surface area contributed by atoms with E-state index in [0.717, 1.165) is 36.4 Å². The van der Waals surface area contributed by atoms with Gasteiger partial charge in [-0.25, -0.2) is 0 Å². The molecular weight excluding hydrogens is 282 g/mol. The van der Waals surface area contributed by atoms with Crippen LogP contribution in [0, 0.1) is 0 Å². The van der Waals surface area contributed by atoms with E-state index in [1.54, 1.807) is 20.3 Å². The average molecular weight is 301 g/mol.